The third-order valence-electron chi connectivity index (χ3n) is 2.93. The van der Waals surface area contributed by atoms with Gasteiger partial charge in [-0.05, 0) is 25.5 Å². The summed E-state index contributed by atoms with van der Waals surface area (Å²) >= 11 is 0. The molecule has 1 aromatic carbocycles. The molecule has 7 heteroatoms. The van der Waals surface area contributed by atoms with Crippen molar-refractivity contribution in [3.05, 3.63) is 33.9 Å². The van der Waals surface area contributed by atoms with E-state index in [9.17, 15) is 20.0 Å². The maximum absolute atomic E-state index is 11.1. The lowest BCUT2D eigenvalue weighted by molar-refractivity contribution is -0.384. The Hall–Kier alpha value is -2.15. The minimum Gasteiger partial charge on any atom is -0.388 e. The van der Waals surface area contributed by atoms with Crippen molar-refractivity contribution in [1.82, 2.24) is 0 Å². The minimum absolute atomic E-state index is 0.143. The molecule has 0 fully saturated rings. The Bertz CT molecular complexity index is 514. The quantitative estimate of drug-likeness (QED) is 0.518. The van der Waals surface area contributed by atoms with E-state index in [0.717, 1.165) is 6.42 Å². The van der Waals surface area contributed by atoms with Crippen molar-refractivity contribution in [1.29, 1.82) is 0 Å². The van der Waals surface area contributed by atoms with Gasteiger partial charge in [0.05, 0.1) is 10.5 Å². The number of amides is 1. The van der Waals surface area contributed by atoms with E-state index in [1.54, 1.807) is 6.92 Å². The molecule has 7 nitrogen and oxygen atoms in total. The van der Waals surface area contributed by atoms with Gasteiger partial charge >= 0.3 is 0 Å². The van der Waals surface area contributed by atoms with Crippen LogP contribution in [-0.2, 0) is 0 Å². The highest BCUT2D eigenvalue weighted by Crippen LogP contribution is 2.26. The van der Waals surface area contributed by atoms with E-state index in [1.165, 1.54) is 18.2 Å². The van der Waals surface area contributed by atoms with Crippen LogP contribution < -0.4 is 11.1 Å². The first-order chi connectivity index (χ1) is 9.26. The molecule has 4 N–H and O–H groups in total. The molecule has 0 radical (unpaired) electrons. The SMILES string of the molecule is CCCC(C)(O)CNc1cc(C(N)=O)ccc1[N+](=O)[O-]. The molecule has 0 spiro atoms. The number of primary amides is 1. The molecular weight excluding hydrogens is 262 g/mol. The first-order valence-corrected chi connectivity index (χ1v) is 6.31. The number of carbonyl (C=O) groups excluding carboxylic acids is 1. The topological polar surface area (TPSA) is 118 Å². The molecule has 1 atom stereocenters. The molecule has 0 saturated heterocycles. The summed E-state index contributed by atoms with van der Waals surface area (Å²) in [7, 11) is 0. The lowest BCUT2D eigenvalue weighted by Gasteiger charge is -2.23. The van der Waals surface area contributed by atoms with Crippen molar-refractivity contribution in [3.63, 3.8) is 0 Å². The van der Waals surface area contributed by atoms with Crippen molar-refractivity contribution in [2.45, 2.75) is 32.3 Å². The largest absolute Gasteiger partial charge is 0.388 e. The average Bonchev–Trinajstić information content (AvgIpc) is 2.35. The van der Waals surface area contributed by atoms with Crippen LogP contribution in [0.3, 0.4) is 0 Å². The van der Waals surface area contributed by atoms with Gasteiger partial charge in [0, 0.05) is 18.2 Å². The number of nitro benzene ring substituents is 1. The number of anilines is 1. The summed E-state index contributed by atoms with van der Waals surface area (Å²) in [5, 5.41) is 23.8. The molecule has 0 saturated carbocycles. The molecule has 0 bridgehead atoms. The third kappa shape index (κ3) is 4.20. The summed E-state index contributed by atoms with van der Waals surface area (Å²) < 4.78 is 0. The molecule has 1 rings (SSSR count). The predicted molar refractivity (Wildman–Crippen MR) is 75.6 cm³/mol. The summed E-state index contributed by atoms with van der Waals surface area (Å²) in [4.78, 5) is 21.5. The van der Waals surface area contributed by atoms with Crippen LogP contribution in [-0.4, -0.2) is 28.1 Å². The molecule has 1 unspecified atom stereocenters. The lowest BCUT2D eigenvalue weighted by Crippen LogP contribution is -2.33. The Kier molecular flexibility index (Phi) is 5.04. The minimum atomic E-state index is -0.981. The van der Waals surface area contributed by atoms with E-state index in [4.69, 9.17) is 5.73 Å². The molecule has 0 aliphatic rings. The number of rotatable bonds is 7. The zero-order chi connectivity index (χ0) is 15.3. The Morgan fingerprint density at radius 2 is 2.20 bits per heavy atom. The third-order valence-corrected chi connectivity index (χ3v) is 2.93. The van der Waals surface area contributed by atoms with Gasteiger partial charge in [-0.3, -0.25) is 14.9 Å². The normalized spacial score (nSPS) is 13.6. The second-order valence-electron chi connectivity index (χ2n) is 4.95. The molecule has 0 aliphatic carbocycles. The summed E-state index contributed by atoms with van der Waals surface area (Å²) in [6.07, 6.45) is 1.35. The van der Waals surface area contributed by atoms with Gasteiger partial charge in [-0.2, -0.15) is 0 Å². The maximum atomic E-state index is 11.1. The van der Waals surface area contributed by atoms with Crippen LogP contribution in [0, 0.1) is 10.1 Å². The Balaban J connectivity index is 2.99. The maximum Gasteiger partial charge on any atom is 0.292 e. The lowest BCUT2D eigenvalue weighted by atomic mass is 10.0. The van der Waals surface area contributed by atoms with Gasteiger partial charge in [-0.15, -0.1) is 0 Å². The van der Waals surface area contributed by atoms with Gasteiger partial charge in [0.25, 0.3) is 5.69 Å². The van der Waals surface area contributed by atoms with E-state index in [1.807, 2.05) is 6.92 Å². The molecule has 0 aromatic heterocycles. The average molecular weight is 281 g/mol. The van der Waals surface area contributed by atoms with Crippen LogP contribution in [0.25, 0.3) is 0 Å². The van der Waals surface area contributed by atoms with Crippen LogP contribution in [0.1, 0.15) is 37.0 Å². The predicted octanol–water partition coefficient (Wildman–Crippen LogP) is 1.66. The number of benzene rings is 1. The molecule has 110 valence electrons. The fourth-order valence-electron chi connectivity index (χ4n) is 1.90. The van der Waals surface area contributed by atoms with Crippen molar-refractivity contribution in [2.75, 3.05) is 11.9 Å². The standard InChI is InChI=1S/C13H19N3O4/c1-3-6-13(2,18)8-15-10-7-9(12(14)17)4-5-11(10)16(19)20/h4-5,7,15,18H,3,6,8H2,1-2H3,(H2,14,17). The fourth-order valence-corrected chi connectivity index (χ4v) is 1.90. The number of nitrogens with zero attached hydrogens (tertiary/aromatic N) is 1. The van der Waals surface area contributed by atoms with Crippen LogP contribution in [0.2, 0.25) is 0 Å². The number of aliphatic hydroxyl groups is 1. The zero-order valence-corrected chi connectivity index (χ0v) is 11.5. The second kappa shape index (κ2) is 6.33. The Labute approximate surface area is 116 Å². The number of hydrogen-bond acceptors (Lipinski definition) is 5. The molecule has 0 aliphatic heterocycles. The molecule has 20 heavy (non-hydrogen) atoms. The number of nitrogens with two attached hydrogens (primary N) is 1. The molecular formula is C13H19N3O4. The Morgan fingerprint density at radius 1 is 1.55 bits per heavy atom. The van der Waals surface area contributed by atoms with Crippen LogP contribution in [0.4, 0.5) is 11.4 Å². The number of nitrogens with one attached hydrogen (secondary N) is 1. The Morgan fingerprint density at radius 3 is 2.70 bits per heavy atom. The van der Waals surface area contributed by atoms with E-state index in [-0.39, 0.29) is 23.5 Å². The highest BCUT2D eigenvalue weighted by molar-refractivity contribution is 5.94. The second-order valence-corrected chi connectivity index (χ2v) is 4.95. The summed E-state index contributed by atoms with van der Waals surface area (Å²) in [5.41, 5.74) is 4.35. The molecule has 1 amide bonds. The summed E-state index contributed by atoms with van der Waals surface area (Å²) in [5.74, 6) is -0.664. The van der Waals surface area contributed by atoms with Gasteiger partial charge in [0.1, 0.15) is 5.69 Å². The van der Waals surface area contributed by atoms with Crippen LogP contribution >= 0.6 is 0 Å². The molecule has 1 aromatic rings. The number of nitro groups is 1. The summed E-state index contributed by atoms with van der Waals surface area (Å²) in [6, 6.07) is 3.84. The van der Waals surface area contributed by atoms with Crippen molar-refractivity contribution in [2.24, 2.45) is 5.73 Å². The first kappa shape index (κ1) is 15.9. The first-order valence-electron chi connectivity index (χ1n) is 6.31. The van der Waals surface area contributed by atoms with Crippen LogP contribution in [0.5, 0.6) is 0 Å². The molecule has 0 heterocycles. The van der Waals surface area contributed by atoms with Gasteiger partial charge < -0.3 is 16.2 Å². The van der Waals surface area contributed by atoms with Gasteiger partial charge in [-0.25, -0.2) is 0 Å². The van der Waals surface area contributed by atoms with E-state index < -0.39 is 16.4 Å². The van der Waals surface area contributed by atoms with Crippen molar-refractivity contribution < 1.29 is 14.8 Å². The van der Waals surface area contributed by atoms with Gasteiger partial charge in [0.15, 0.2) is 0 Å². The van der Waals surface area contributed by atoms with Crippen LogP contribution in [0.15, 0.2) is 18.2 Å². The number of carbonyl (C=O) groups is 1. The van der Waals surface area contributed by atoms with Gasteiger partial charge in [-0.1, -0.05) is 13.3 Å². The summed E-state index contributed by atoms with van der Waals surface area (Å²) in [6.45, 7) is 3.72. The zero-order valence-electron chi connectivity index (χ0n) is 11.5. The highest BCUT2D eigenvalue weighted by Gasteiger charge is 2.22. The smallest absolute Gasteiger partial charge is 0.292 e. The van der Waals surface area contributed by atoms with Gasteiger partial charge in [0.2, 0.25) is 5.91 Å². The monoisotopic (exact) mass is 281 g/mol. The number of hydrogen-bond donors (Lipinski definition) is 3. The van der Waals surface area contributed by atoms with Crippen molar-refractivity contribution >= 4 is 17.3 Å². The fraction of sp³-hybridized carbons (Fsp3) is 0.462. The van der Waals surface area contributed by atoms with E-state index in [0.29, 0.717) is 6.42 Å². The highest BCUT2D eigenvalue weighted by atomic mass is 16.6. The van der Waals surface area contributed by atoms with E-state index in [2.05, 4.69) is 5.32 Å². The van der Waals surface area contributed by atoms with E-state index >= 15 is 0 Å². The van der Waals surface area contributed by atoms with Crippen molar-refractivity contribution in [3.8, 4) is 0 Å².